The standard InChI is InChI=1S/C21H15ClN2O4/c22-15-5-3-13(4-6-15)18-17(19(25)14-7-9-23-10-8-14)20(26)21(27)24(18)12-16-2-1-11-28-16/h1-11,18,25H,12H2. The Kier molecular flexibility index (Phi) is 4.71. The Labute approximate surface area is 165 Å². The van der Waals surface area contributed by atoms with Crippen molar-refractivity contribution in [2.75, 3.05) is 0 Å². The van der Waals surface area contributed by atoms with Gasteiger partial charge in [0.2, 0.25) is 0 Å². The molecule has 1 saturated heterocycles. The zero-order valence-electron chi connectivity index (χ0n) is 14.6. The fourth-order valence-electron chi connectivity index (χ4n) is 3.27. The summed E-state index contributed by atoms with van der Waals surface area (Å²) in [5.74, 6) is -1.17. The lowest BCUT2D eigenvalue weighted by atomic mass is 9.95. The maximum absolute atomic E-state index is 12.8. The van der Waals surface area contributed by atoms with Gasteiger partial charge >= 0.3 is 0 Å². The highest BCUT2D eigenvalue weighted by molar-refractivity contribution is 6.46. The maximum Gasteiger partial charge on any atom is 0.296 e. The third-order valence-electron chi connectivity index (χ3n) is 4.59. The van der Waals surface area contributed by atoms with Crippen molar-refractivity contribution in [2.45, 2.75) is 12.6 Å². The van der Waals surface area contributed by atoms with Gasteiger partial charge in [-0.25, -0.2) is 0 Å². The Balaban J connectivity index is 1.86. The number of aromatic nitrogens is 1. The van der Waals surface area contributed by atoms with Crippen molar-refractivity contribution in [3.05, 3.63) is 94.7 Å². The van der Waals surface area contributed by atoms with Crippen LogP contribution in [0.5, 0.6) is 0 Å². The van der Waals surface area contributed by atoms with Crippen LogP contribution in [0.4, 0.5) is 0 Å². The number of amides is 1. The lowest BCUT2D eigenvalue weighted by Crippen LogP contribution is -2.29. The summed E-state index contributed by atoms with van der Waals surface area (Å²) in [4.78, 5) is 30.9. The Morgan fingerprint density at radius 2 is 1.82 bits per heavy atom. The van der Waals surface area contributed by atoms with E-state index in [9.17, 15) is 14.7 Å². The number of carbonyl (C=O) groups is 2. The first-order valence-electron chi connectivity index (χ1n) is 8.53. The van der Waals surface area contributed by atoms with Crippen molar-refractivity contribution < 1.29 is 19.1 Å². The van der Waals surface area contributed by atoms with Crippen LogP contribution in [-0.4, -0.2) is 26.7 Å². The van der Waals surface area contributed by atoms with Gasteiger partial charge in [0.05, 0.1) is 24.4 Å². The van der Waals surface area contributed by atoms with E-state index < -0.39 is 17.7 Å². The van der Waals surface area contributed by atoms with Crippen LogP contribution in [0, 0.1) is 0 Å². The predicted molar refractivity (Wildman–Crippen MR) is 102 cm³/mol. The molecule has 4 rings (SSSR count). The molecule has 0 bridgehead atoms. The van der Waals surface area contributed by atoms with E-state index in [4.69, 9.17) is 16.0 Å². The van der Waals surface area contributed by atoms with Crippen molar-refractivity contribution >= 4 is 29.1 Å². The molecule has 1 aromatic carbocycles. The smallest absolute Gasteiger partial charge is 0.296 e. The molecule has 3 aromatic rings. The number of likely N-dealkylation sites (tertiary alicyclic amines) is 1. The molecule has 7 heteroatoms. The molecule has 1 aliphatic heterocycles. The van der Waals surface area contributed by atoms with Crippen molar-refractivity contribution in [3.63, 3.8) is 0 Å². The number of ketones is 1. The van der Waals surface area contributed by atoms with Gasteiger partial charge in [-0.1, -0.05) is 23.7 Å². The van der Waals surface area contributed by atoms with Gasteiger partial charge in [0.15, 0.2) is 0 Å². The van der Waals surface area contributed by atoms with E-state index in [2.05, 4.69) is 4.98 Å². The SMILES string of the molecule is O=C1C(=O)N(Cc2ccco2)C(c2ccc(Cl)cc2)C1=C(O)c1ccncc1. The molecule has 1 aliphatic rings. The van der Waals surface area contributed by atoms with Gasteiger partial charge in [-0.3, -0.25) is 14.6 Å². The largest absolute Gasteiger partial charge is 0.507 e. The number of carbonyl (C=O) groups excluding carboxylic acids is 2. The zero-order valence-corrected chi connectivity index (χ0v) is 15.3. The van der Waals surface area contributed by atoms with E-state index in [1.807, 2.05) is 0 Å². The molecule has 140 valence electrons. The summed E-state index contributed by atoms with van der Waals surface area (Å²) in [6, 6.07) is 12.6. The number of benzene rings is 1. The first kappa shape index (κ1) is 18.0. The molecule has 28 heavy (non-hydrogen) atoms. The van der Waals surface area contributed by atoms with Crippen molar-refractivity contribution in [3.8, 4) is 0 Å². The molecule has 0 spiro atoms. The minimum absolute atomic E-state index is 0.0186. The number of rotatable bonds is 4. The fourth-order valence-corrected chi connectivity index (χ4v) is 3.40. The highest BCUT2D eigenvalue weighted by Crippen LogP contribution is 2.40. The van der Waals surface area contributed by atoms with Crippen LogP contribution in [0.15, 0.2) is 77.2 Å². The molecule has 2 aromatic heterocycles. The number of aliphatic hydroxyl groups excluding tert-OH is 1. The van der Waals surface area contributed by atoms with Crippen LogP contribution in [-0.2, 0) is 16.1 Å². The minimum Gasteiger partial charge on any atom is -0.507 e. The molecule has 6 nitrogen and oxygen atoms in total. The Bertz CT molecular complexity index is 1040. The van der Waals surface area contributed by atoms with Gasteiger partial charge in [-0.05, 0) is 42.0 Å². The Hall–Kier alpha value is -3.38. The summed E-state index contributed by atoms with van der Waals surface area (Å²) < 4.78 is 5.35. The molecular formula is C21H15ClN2O4. The highest BCUT2D eigenvalue weighted by atomic mass is 35.5. The molecule has 1 unspecified atom stereocenters. The number of halogens is 1. The summed E-state index contributed by atoms with van der Waals surface area (Å²) in [6.45, 7) is 0.0952. The number of hydrogen-bond acceptors (Lipinski definition) is 5. The van der Waals surface area contributed by atoms with Gasteiger partial charge in [0, 0.05) is 23.0 Å². The molecule has 1 fully saturated rings. The average Bonchev–Trinajstić information content (AvgIpc) is 3.31. The van der Waals surface area contributed by atoms with Gasteiger partial charge in [0.25, 0.3) is 11.7 Å². The van der Waals surface area contributed by atoms with Gasteiger partial charge in [-0.2, -0.15) is 0 Å². The topological polar surface area (TPSA) is 83.6 Å². The van der Waals surface area contributed by atoms with Crippen molar-refractivity contribution in [1.82, 2.24) is 9.88 Å². The van der Waals surface area contributed by atoms with Crippen LogP contribution >= 0.6 is 11.6 Å². The molecular weight excluding hydrogens is 380 g/mol. The number of pyridine rings is 1. The van der Waals surface area contributed by atoms with Gasteiger partial charge in [0.1, 0.15) is 11.5 Å². The van der Waals surface area contributed by atoms with E-state index >= 15 is 0 Å². The van der Waals surface area contributed by atoms with E-state index in [0.717, 1.165) is 0 Å². The van der Waals surface area contributed by atoms with E-state index in [1.165, 1.54) is 23.6 Å². The Morgan fingerprint density at radius 1 is 1.11 bits per heavy atom. The van der Waals surface area contributed by atoms with Crippen LogP contribution in [0.3, 0.4) is 0 Å². The molecule has 3 heterocycles. The molecule has 1 atom stereocenters. The summed E-state index contributed by atoms with van der Waals surface area (Å²) in [6.07, 6.45) is 4.51. The quantitative estimate of drug-likeness (QED) is 0.411. The van der Waals surface area contributed by atoms with Gasteiger partial charge in [-0.15, -0.1) is 0 Å². The third-order valence-corrected chi connectivity index (χ3v) is 4.84. The first-order valence-corrected chi connectivity index (χ1v) is 8.90. The van der Waals surface area contributed by atoms with Gasteiger partial charge < -0.3 is 14.4 Å². The van der Waals surface area contributed by atoms with E-state index in [0.29, 0.717) is 21.9 Å². The second-order valence-electron chi connectivity index (χ2n) is 6.29. The number of furan rings is 1. The zero-order chi connectivity index (χ0) is 19.7. The highest BCUT2D eigenvalue weighted by Gasteiger charge is 2.46. The second kappa shape index (κ2) is 7.32. The van der Waals surface area contributed by atoms with Crippen LogP contribution in [0.1, 0.15) is 22.9 Å². The normalized spacial score (nSPS) is 18.6. The maximum atomic E-state index is 12.8. The van der Waals surface area contributed by atoms with E-state index in [-0.39, 0.29) is 17.9 Å². The molecule has 0 radical (unpaired) electrons. The summed E-state index contributed by atoms with van der Waals surface area (Å²) in [5.41, 5.74) is 1.08. The van der Waals surface area contributed by atoms with Crippen LogP contribution in [0.25, 0.3) is 5.76 Å². The Morgan fingerprint density at radius 3 is 2.46 bits per heavy atom. The summed E-state index contributed by atoms with van der Waals surface area (Å²) in [7, 11) is 0. The minimum atomic E-state index is -0.768. The molecule has 0 saturated carbocycles. The van der Waals surface area contributed by atoms with E-state index in [1.54, 1.807) is 48.5 Å². The lowest BCUT2D eigenvalue weighted by molar-refractivity contribution is -0.140. The predicted octanol–water partition coefficient (Wildman–Crippen LogP) is 3.95. The third kappa shape index (κ3) is 3.18. The first-order chi connectivity index (χ1) is 13.6. The number of Topliss-reactive ketones (excluding diaryl/α,β-unsaturated/α-hetero) is 1. The number of nitrogens with zero attached hydrogens (tertiary/aromatic N) is 2. The van der Waals surface area contributed by atoms with Crippen molar-refractivity contribution in [2.24, 2.45) is 0 Å². The molecule has 1 amide bonds. The fraction of sp³-hybridized carbons (Fsp3) is 0.0952. The molecule has 0 aliphatic carbocycles. The summed E-state index contributed by atoms with van der Waals surface area (Å²) >= 11 is 5.99. The van der Waals surface area contributed by atoms with Crippen LogP contribution in [0.2, 0.25) is 5.02 Å². The van der Waals surface area contributed by atoms with Crippen LogP contribution < -0.4 is 0 Å². The summed E-state index contributed by atoms with van der Waals surface area (Å²) in [5, 5.41) is 11.4. The monoisotopic (exact) mass is 394 g/mol. The van der Waals surface area contributed by atoms with Crippen molar-refractivity contribution in [1.29, 1.82) is 0 Å². The number of hydrogen-bond donors (Lipinski definition) is 1. The lowest BCUT2D eigenvalue weighted by Gasteiger charge is -2.24. The number of aliphatic hydroxyl groups is 1. The molecule has 1 N–H and O–H groups in total. The average molecular weight is 395 g/mol. The second-order valence-corrected chi connectivity index (χ2v) is 6.73.